The Morgan fingerprint density at radius 2 is 2.11 bits per heavy atom. The summed E-state index contributed by atoms with van der Waals surface area (Å²) in [5.74, 6) is 2.71. The lowest BCUT2D eigenvalue weighted by molar-refractivity contribution is 0.241. The van der Waals surface area contributed by atoms with Crippen LogP contribution in [0.3, 0.4) is 0 Å². The molecule has 0 N–H and O–H groups in total. The van der Waals surface area contributed by atoms with E-state index in [9.17, 15) is 0 Å². The van der Waals surface area contributed by atoms with Crippen molar-refractivity contribution in [2.75, 3.05) is 0 Å². The van der Waals surface area contributed by atoms with Gasteiger partial charge in [0, 0.05) is 10.1 Å². The molecular weight excluding hydrogens is 248 g/mol. The maximum atomic E-state index is 2.51. The first-order valence-electron chi connectivity index (χ1n) is 8.07. The van der Waals surface area contributed by atoms with Gasteiger partial charge in [-0.25, -0.2) is 0 Å². The highest BCUT2D eigenvalue weighted by Crippen LogP contribution is 2.55. The van der Waals surface area contributed by atoms with Crippen LogP contribution in [0, 0.1) is 11.8 Å². The average molecular weight is 274 g/mol. The normalized spacial score (nSPS) is 30.7. The van der Waals surface area contributed by atoms with E-state index in [1.165, 1.54) is 38.5 Å². The number of fused-ring (bicyclic) bond motifs is 3. The van der Waals surface area contributed by atoms with Gasteiger partial charge in [0.2, 0.25) is 0 Å². The zero-order valence-corrected chi connectivity index (χ0v) is 13.1. The third-order valence-corrected chi connectivity index (χ3v) is 6.77. The SMILES string of the molecule is CCCCC(C)C1CCCC2c3ccccc3SC21. The second-order valence-corrected chi connectivity index (χ2v) is 7.66. The summed E-state index contributed by atoms with van der Waals surface area (Å²) in [6.45, 7) is 4.82. The summed E-state index contributed by atoms with van der Waals surface area (Å²) >= 11 is 2.19. The van der Waals surface area contributed by atoms with Gasteiger partial charge in [0.1, 0.15) is 0 Å². The molecule has 3 rings (SSSR count). The fourth-order valence-corrected chi connectivity index (χ4v) is 5.92. The van der Waals surface area contributed by atoms with E-state index in [0.717, 1.165) is 23.0 Å². The summed E-state index contributed by atoms with van der Waals surface area (Å²) in [5, 5.41) is 0.873. The molecule has 1 aromatic carbocycles. The molecule has 19 heavy (non-hydrogen) atoms. The van der Waals surface area contributed by atoms with E-state index in [2.05, 4.69) is 49.9 Å². The molecule has 1 aliphatic heterocycles. The van der Waals surface area contributed by atoms with Crippen molar-refractivity contribution in [3.05, 3.63) is 29.8 Å². The van der Waals surface area contributed by atoms with Crippen molar-refractivity contribution in [1.82, 2.24) is 0 Å². The van der Waals surface area contributed by atoms with Crippen LogP contribution in [-0.4, -0.2) is 5.25 Å². The minimum absolute atomic E-state index is 0.851. The minimum atomic E-state index is 0.851. The van der Waals surface area contributed by atoms with Gasteiger partial charge < -0.3 is 0 Å². The van der Waals surface area contributed by atoms with E-state index in [1.807, 2.05) is 0 Å². The van der Waals surface area contributed by atoms with E-state index >= 15 is 0 Å². The van der Waals surface area contributed by atoms with Gasteiger partial charge in [0.15, 0.2) is 0 Å². The molecule has 1 saturated carbocycles. The number of thioether (sulfide) groups is 1. The summed E-state index contributed by atoms with van der Waals surface area (Å²) in [5.41, 5.74) is 1.66. The van der Waals surface area contributed by atoms with Gasteiger partial charge >= 0.3 is 0 Å². The van der Waals surface area contributed by atoms with Crippen molar-refractivity contribution in [3.63, 3.8) is 0 Å². The van der Waals surface area contributed by atoms with E-state index in [-0.39, 0.29) is 0 Å². The number of hydrogen-bond acceptors (Lipinski definition) is 1. The Morgan fingerprint density at radius 1 is 1.26 bits per heavy atom. The van der Waals surface area contributed by atoms with Crippen molar-refractivity contribution in [3.8, 4) is 0 Å². The summed E-state index contributed by atoms with van der Waals surface area (Å²) in [6, 6.07) is 9.16. The van der Waals surface area contributed by atoms with Crippen LogP contribution in [0.2, 0.25) is 0 Å². The standard InChI is InChI=1S/C18H26S/c1-3-4-8-13(2)14-10-7-11-16-15-9-5-6-12-17(15)19-18(14)16/h5-6,9,12-14,16,18H,3-4,7-8,10-11H2,1-2H3. The lowest BCUT2D eigenvalue weighted by Gasteiger charge is -2.37. The smallest absolute Gasteiger partial charge is 0.0194 e. The number of rotatable bonds is 4. The first-order chi connectivity index (χ1) is 9.31. The molecule has 0 radical (unpaired) electrons. The molecule has 0 nitrogen and oxygen atoms in total. The van der Waals surface area contributed by atoms with E-state index in [1.54, 1.807) is 10.5 Å². The monoisotopic (exact) mass is 274 g/mol. The fraction of sp³-hybridized carbons (Fsp3) is 0.667. The van der Waals surface area contributed by atoms with Crippen LogP contribution in [0.15, 0.2) is 29.2 Å². The highest BCUT2D eigenvalue weighted by atomic mass is 32.2. The molecule has 0 bridgehead atoms. The summed E-state index contributed by atoms with van der Waals surface area (Å²) in [7, 11) is 0. The highest BCUT2D eigenvalue weighted by Gasteiger charge is 2.42. The Kier molecular flexibility index (Phi) is 4.21. The molecule has 1 heteroatoms. The molecule has 1 aromatic rings. The molecule has 0 aromatic heterocycles. The van der Waals surface area contributed by atoms with Crippen LogP contribution >= 0.6 is 11.8 Å². The Morgan fingerprint density at radius 3 is 2.95 bits per heavy atom. The molecule has 104 valence electrons. The van der Waals surface area contributed by atoms with Crippen LogP contribution < -0.4 is 0 Å². The van der Waals surface area contributed by atoms with Crippen LogP contribution in [0.25, 0.3) is 0 Å². The molecular formula is C18H26S. The Labute approximate surface area is 122 Å². The fourth-order valence-electron chi connectivity index (χ4n) is 4.09. The predicted octanol–water partition coefficient (Wildman–Crippen LogP) is 5.87. The third kappa shape index (κ3) is 2.59. The van der Waals surface area contributed by atoms with Gasteiger partial charge in [0.25, 0.3) is 0 Å². The van der Waals surface area contributed by atoms with Crippen molar-refractivity contribution < 1.29 is 0 Å². The maximum absolute atomic E-state index is 2.51. The molecule has 1 heterocycles. The van der Waals surface area contributed by atoms with Crippen LogP contribution in [-0.2, 0) is 0 Å². The lowest BCUT2D eigenvalue weighted by Crippen LogP contribution is -2.31. The molecule has 2 aliphatic rings. The van der Waals surface area contributed by atoms with Gasteiger partial charge in [0.05, 0.1) is 0 Å². The molecule has 0 spiro atoms. The lowest BCUT2D eigenvalue weighted by atomic mass is 9.72. The van der Waals surface area contributed by atoms with Gasteiger partial charge in [-0.05, 0) is 42.2 Å². The minimum Gasteiger partial charge on any atom is -0.122 e. The first kappa shape index (κ1) is 13.5. The second-order valence-electron chi connectivity index (χ2n) is 6.44. The largest absolute Gasteiger partial charge is 0.122 e. The molecule has 4 atom stereocenters. The van der Waals surface area contributed by atoms with Gasteiger partial charge in [-0.2, -0.15) is 0 Å². The van der Waals surface area contributed by atoms with Crippen molar-refractivity contribution >= 4 is 11.8 Å². The Balaban J connectivity index is 1.76. The van der Waals surface area contributed by atoms with E-state index < -0.39 is 0 Å². The molecule has 1 aliphatic carbocycles. The Hall–Kier alpha value is -0.430. The van der Waals surface area contributed by atoms with Crippen molar-refractivity contribution in [2.45, 2.75) is 68.4 Å². The zero-order chi connectivity index (χ0) is 13.2. The third-order valence-electron chi connectivity index (χ3n) is 5.20. The quantitative estimate of drug-likeness (QED) is 0.661. The van der Waals surface area contributed by atoms with Crippen LogP contribution in [0.4, 0.5) is 0 Å². The zero-order valence-electron chi connectivity index (χ0n) is 12.3. The number of unbranched alkanes of at least 4 members (excludes halogenated alkanes) is 1. The van der Waals surface area contributed by atoms with E-state index in [4.69, 9.17) is 0 Å². The maximum Gasteiger partial charge on any atom is 0.0194 e. The van der Waals surface area contributed by atoms with E-state index in [0.29, 0.717) is 0 Å². The van der Waals surface area contributed by atoms with Crippen molar-refractivity contribution in [2.24, 2.45) is 11.8 Å². The van der Waals surface area contributed by atoms with Gasteiger partial charge in [-0.1, -0.05) is 57.7 Å². The highest BCUT2D eigenvalue weighted by molar-refractivity contribution is 8.00. The summed E-state index contributed by atoms with van der Waals surface area (Å²) in [4.78, 5) is 1.58. The molecule has 0 amide bonds. The number of hydrogen-bond donors (Lipinski definition) is 0. The topological polar surface area (TPSA) is 0 Å². The molecule has 4 unspecified atom stereocenters. The predicted molar refractivity (Wildman–Crippen MR) is 84.9 cm³/mol. The van der Waals surface area contributed by atoms with Crippen LogP contribution in [0.1, 0.15) is 63.9 Å². The summed E-state index contributed by atoms with van der Waals surface area (Å²) < 4.78 is 0. The van der Waals surface area contributed by atoms with Gasteiger partial charge in [-0.3, -0.25) is 0 Å². The van der Waals surface area contributed by atoms with Crippen LogP contribution in [0.5, 0.6) is 0 Å². The summed E-state index contributed by atoms with van der Waals surface area (Å²) in [6.07, 6.45) is 8.52. The Bertz CT molecular complexity index is 425. The average Bonchev–Trinajstić information content (AvgIpc) is 2.83. The molecule has 0 saturated heterocycles. The molecule has 1 fully saturated rings. The second kappa shape index (κ2) is 5.91. The van der Waals surface area contributed by atoms with Crippen molar-refractivity contribution in [1.29, 1.82) is 0 Å². The first-order valence-corrected chi connectivity index (χ1v) is 8.94. The van der Waals surface area contributed by atoms with Gasteiger partial charge in [-0.15, -0.1) is 11.8 Å². The number of benzene rings is 1.